The van der Waals surface area contributed by atoms with Crippen LogP contribution >= 0.6 is 11.8 Å². The summed E-state index contributed by atoms with van der Waals surface area (Å²) >= 11 is 1.51. The predicted molar refractivity (Wildman–Crippen MR) is 67.9 cm³/mol. The van der Waals surface area contributed by atoms with E-state index in [1.54, 1.807) is 0 Å². The minimum atomic E-state index is -0.474. The largest absolute Gasteiger partial charge is 0.388 e. The number of hydrogen-bond acceptors (Lipinski definition) is 4. The monoisotopic (exact) mass is 249 g/mol. The molecule has 0 aliphatic carbocycles. The van der Waals surface area contributed by atoms with Crippen molar-refractivity contribution in [3.05, 3.63) is 41.7 Å². The Morgan fingerprint density at radius 3 is 2.59 bits per heavy atom. The van der Waals surface area contributed by atoms with Crippen molar-refractivity contribution in [3.8, 4) is 0 Å². The van der Waals surface area contributed by atoms with Crippen molar-refractivity contribution in [1.29, 1.82) is 0 Å². The molecule has 90 valence electrons. The van der Waals surface area contributed by atoms with E-state index in [1.807, 2.05) is 48.9 Å². The lowest BCUT2D eigenvalue weighted by molar-refractivity contribution is 0.204. The number of nitrogens with zero attached hydrogens (tertiary/aromatic N) is 3. The molecule has 0 saturated heterocycles. The molecule has 1 N–H and O–H groups in total. The highest BCUT2D eigenvalue weighted by molar-refractivity contribution is 7.99. The van der Waals surface area contributed by atoms with Crippen LogP contribution in [0.4, 0.5) is 0 Å². The van der Waals surface area contributed by atoms with E-state index in [9.17, 15) is 5.11 Å². The van der Waals surface area contributed by atoms with Crippen LogP contribution in [0.15, 0.2) is 35.5 Å². The topological polar surface area (TPSA) is 50.9 Å². The molecule has 0 fully saturated rings. The lowest BCUT2D eigenvalue weighted by Gasteiger charge is -2.09. The summed E-state index contributed by atoms with van der Waals surface area (Å²) in [6.45, 7) is 1.91. The fourth-order valence-corrected chi connectivity index (χ4v) is 2.36. The average Bonchev–Trinajstić information content (AvgIpc) is 2.68. The summed E-state index contributed by atoms with van der Waals surface area (Å²) in [6, 6.07) is 9.64. The normalized spacial score (nSPS) is 12.6. The van der Waals surface area contributed by atoms with Gasteiger partial charge < -0.3 is 9.67 Å². The van der Waals surface area contributed by atoms with Gasteiger partial charge in [0, 0.05) is 12.8 Å². The molecule has 0 aliphatic rings. The van der Waals surface area contributed by atoms with Crippen molar-refractivity contribution < 1.29 is 5.11 Å². The first kappa shape index (κ1) is 12.1. The Balaban J connectivity index is 1.97. The number of hydrogen-bond donors (Lipinski definition) is 1. The lowest BCUT2D eigenvalue weighted by Crippen LogP contribution is -2.02. The summed E-state index contributed by atoms with van der Waals surface area (Å²) in [5.41, 5.74) is 0.930. The molecule has 2 aromatic rings. The highest BCUT2D eigenvalue weighted by Crippen LogP contribution is 2.23. The zero-order chi connectivity index (χ0) is 12.3. The molecule has 1 unspecified atom stereocenters. The maximum absolute atomic E-state index is 10.0. The Bertz CT molecular complexity index is 484. The van der Waals surface area contributed by atoms with E-state index in [0.29, 0.717) is 5.75 Å². The number of thioether (sulfide) groups is 1. The van der Waals surface area contributed by atoms with Gasteiger partial charge in [0.2, 0.25) is 0 Å². The fourth-order valence-electron chi connectivity index (χ4n) is 1.44. The zero-order valence-electron chi connectivity index (χ0n) is 9.87. The van der Waals surface area contributed by atoms with E-state index >= 15 is 0 Å². The van der Waals surface area contributed by atoms with E-state index in [2.05, 4.69) is 10.2 Å². The molecule has 17 heavy (non-hydrogen) atoms. The third-order valence-electron chi connectivity index (χ3n) is 2.61. The number of aryl methyl sites for hydroxylation is 1. The van der Waals surface area contributed by atoms with Crippen LogP contribution in [0, 0.1) is 6.92 Å². The van der Waals surface area contributed by atoms with Crippen LogP contribution in [0.2, 0.25) is 0 Å². The summed E-state index contributed by atoms with van der Waals surface area (Å²) < 4.78 is 1.92. The van der Waals surface area contributed by atoms with E-state index in [-0.39, 0.29) is 0 Å². The fraction of sp³-hybridized carbons (Fsp3) is 0.333. The number of aliphatic hydroxyl groups excluding tert-OH is 1. The smallest absolute Gasteiger partial charge is 0.191 e. The van der Waals surface area contributed by atoms with Crippen LogP contribution in [0.1, 0.15) is 17.5 Å². The molecular formula is C12H15N3OS. The van der Waals surface area contributed by atoms with E-state index in [0.717, 1.165) is 16.5 Å². The highest BCUT2D eigenvalue weighted by atomic mass is 32.2. The number of aromatic nitrogens is 3. The third-order valence-corrected chi connectivity index (χ3v) is 3.70. The SMILES string of the molecule is Cc1nnc(SCC(O)c2ccccc2)n1C. The molecule has 1 atom stereocenters. The molecule has 4 nitrogen and oxygen atoms in total. The first-order valence-electron chi connectivity index (χ1n) is 5.40. The van der Waals surface area contributed by atoms with Gasteiger partial charge in [-0.2, -0.15) is 0 Å². The standard InChI is InChI=1S/C12H15N3OS/c1-9-13-14-12(15(9)2)17-8-11(16)10-6-4-3-5-7-10/h3-7,11,16H,8H2,1-2H3. The molecule has 0 radical (unpaired) electrons. The second-order valence-corrected chi connectivity index (χ2v) is 4.81. The summed E-state index contributed by atoms with van der Waals surface area (Å²) in [5, 5.41) is 18.9. The van der Waals surface area contributed by atoms with Crippen molar-refractivity contribution in [1.82, 2.24) is 14.8 Å². The quantitative estimate of drug-likeness (QED) is 0.841. The summed E-state index contributed by atoms with van der Waals surface area (Å²) in [7, 11) is 1.92. The molecule has 0 saturated carbocycles. The molecule has 2 rings (SSSR count). The van der Waals surface area contributed by atoms with E-state index in [1.165, 1.54) is 11.8 Å². The Kier molecular flexibility index (Phi) is 3.81. The van der Waals surface area contributed by atoms with Crippen molar-refractivity contribution in [2.24, 2.45) is 7.05 Å². The minimum absolute atomic E-state index is 0.474. The van der Waals surface area contributed by atoms with Gasteiger partial charge in [-0.3, -0.25) is 0 Å². The van der Waals surface area contributed by atoms with E-state index in [4.69, 9.17) is 0 Å². The Labute approximate surface area is 105 Å². The molecule has 1 heterocycles. The van der Waals surface area contributed by atoms with Gasteiger partial charge in [0.25, 0.3) is 0 Å². The Hall–Kier alpha value is -1.33. The van der Waals surface area contributed by atoms with Crippen LogP contribution < -0.4 is 0 Å². The molecular weight excluding hydrogens is 234 g/mol. The average molecular weight is 249 g/mol. The van der Waals surface area contributed by atoms with Crippen molar-refractivity contribution in [3.63, 3.8) is 0 Å². The molecule has 0 spiro atoms. The lowest BCUT2D eigenvalue weighted by atomic mass is 10.1. The second kappa shape index (κ2) is 5.33. The number of benzene rings is 1. The van der Waals surface area contributed by atoms with Gasteiger partial charge in [-0.15, -0.1) is 10.2 Å². The van der Waals surface area contributed by atoms with Crippen molar-refractivity contribution in [2.45, 2.75) is 18.2 Å². The first-order chi connectivity index (χ1) is 8.18. The van der Waals surface area contributed by atoms with Crippen molar-refractivity contribution in [2.75, 3.05) is 5.75 Å². The highest BCUT2D eigenvalue weighted by Gasteiger charge is 2.11. The zero-order valence-corrected chi connectivity index (χ0v) is 10.7. The summed E-state index contributed by atoms with van der Waals surface area (Å²) in [5.74, 6) is 1.46. The van der Waals surface area contributed by atoms with Crippen LogP contribution in [0.3, 0.4) is 0 Å². The first-order valence-corrected chi connectivity index (χ1v) is 6.39. The minimum Gasteiger partial charge on any atom is -0.388 e. The third kappa shape index (κ3) is 2.87. The van der Waals surface area contributed by atoms with Gasteiger partial charge in [0.15, 0.2) is 5.16 Å². The second-order valence-electron chi connectivity index (χ2n) is 3.83. The number of rotatable bonds is 4. The maximum Gasteiger partial charge on any atom is 0.191 e. The summed E-state index contributed by atoms with van der Waals surface area (Å²) in [6.07, 6.45) is -0.474. The van der Waals surface area contributed by atoms with Crippen molar-refractivity contribution >= 4 is 11.8 Å². The molecule has 1 aromatic carbocycles. The van der Waals surface area contributed by atoms with Crippen LogP contribution in [0.25, 0.3) is 0 Å². The van der Waals surface area contributed by atoms with E-state index < -0.39 is 6.10 Å². The number of aliphatic hydroxyl groups is 1. The van der Waals surface area contributed by atoms with Crippen LogP contribution in [-0.4, -0.2) is 25.6 Å². The molecule has 0 aliphatic heterocycles. The van der Waals surface area contributed by atoms with Gasteiger partial charge >= 0.3 is 0 Å². The molecule has 0 amide bonds. The van der Waals surface area contributed by atoms with Crippen LogP contribution in [0.5, 0.6) is 0 Å². The Morgan fingerprint density at radius 2 is 2.00 bits per heavy atom. The Morgan fingerprint density at radius 1 is 1.29 bits per heavy atom. The predicted octanol–water partition coefficient (Wildman–Crippen LogP) is 1.95. The molecule has 5 heteroatoms. The molecule has 0 bridgehead atoms. The van der Waals surface area contributed by atoms with Gasteiger partial charge in [-0.1, -0.05) is 42.1 Å². The van der Waals surface area contributed by atoms with Crippen LogP contribution in [-0.2, 0) is 7.05 Å². The van der Waals surface area contributed by atoms with Gasteiger partial charge in [0.1, 0.15) is 5.82 Å². The van der Waals surface area contributed by atoms with Gasteiger partial charge in [-0.25, -0.2) is 0 Å². The molecule has 1 aromatic heterocycles. The maximum atomic E-state index is 10.0. The van der Waals surface area contributed by atoms with Gasteiger partial charge in [0.05, 0.1) is 6.10 Å². The van der Waals surface area contributed by atoms with Gasteiger partial charge in [-0.05, 0) is 12.5 Å². The summed E-state index contributed by atoms with van der Waals surface area (Å²) in [4.78, 5) is 0.